The number of hydrogen-bond donors (Lipinski definition) is 0. The lowest BCUT2D eigenvalue weighted by Gasteiger charge is -2.12. The van der Waals surface area contributed by atoms with Gasteiger partial charge >= 0.3 is 0 Å². The Bertz CT molecular complexity index is 2180. The summed E-state index contributed by atoms with van der Waals surface area (Å²) in [5.74, 6) is 0.813. The first kappa shape index (κ1) is 23.1. The minimum Gasteiger partial charge on any atom is -0.294 e. The molecule has 190 valence electrons. The van der Waals surface area contributed by atoms with Gasteiger partial charge in [-0.25, -0.2) is 9.37 Å². The normalized spacial score (nSPS) is 12.5. The molecule has 8 aromatic rings. The van der Waals surface area contributed by atoms with E-state index in [2.05, 4.69) is 57.0 Å². The molecule has 0 saturated heterocycles. The Hall–Kier alpha value is -4.87. The molecule has 40 heavy (non-hydrogen) atoms. The number of pyridine rings is 2. The van der Waals surface area contributed by atoms with E-state index >= 15 is 4.39 Å². The lowest BCUT2D eigenvalue weighted by molar-refractivity contribution is 0.402. The van der Waals surface area contributed by atoms with Gasteiger partial charge in [0.25, 0.3) is 0 Å². The summed E-state index contributed by atoms with van der Waals surface area (Å²) >= 11 is 1.80. The molecular weight excluding hydrogens is 513 g/mol. The van der Waals surface area contributed by atoms with Crippen LogP contribution in [0, 0.1) is 0 Å². The first-order valence-corrected chi connectivity index (χ1v) is 14.0. The Morgan fingerprint density at radius 1 is 0.575 bits per heavy atom. The maximum Gasteiger partial charge on any atom is 0.150 e. The Balaban J connectivity index is 1.34. The molecule has 4 heterocycles. The number of hydrogen-bond acceptors (Lipinski definition) is 3. The van der Waals surface area contributed by atoms with Crippen molar-refractivity contribution in [2.24, 2.45) is 0 Å². The molecule has 4 aromatic carbocycles. The second-order valence-electron chi connectivity index (χ2n) is 9.97. The molecule has 4 aromatic heterocycles. The Labute approximate surface area is 233 Å². The summed E-state index contributed by atoms with van der Waals surface area (Å²) in [6, 6.07) is 38.3. The van der Waals surface area contributed by atoms with Crippen LogP contribution in [0.5, 0.6) is 0 Å². The van der Waals surface area contributed by atoms with Crippen molar-refractivity contribution in [1.82, 2.24) is 14.5 Å². The van der Waals surface area contributed by atoms with Gasteiger partial charge in [0.2, 0.25) is 0 Å². The number of fused-ring (bicyclic) bond motifs is 6. The maximum absolute atomic E-state index is 16.2. The fourth-order valence-electron chi connectivity index (χ4n) is 5.72. The highest BCUT2D eigenvalue weighted by molar-refractivity contribution is 7.25. The number of nitrogens with zero attached hydrogens (tertiary/aromatic N) is 3. The van der Waals surface area contributed by atoms with E-state index in [9.17, 15) is 0 Å². The number of halogens is 1. The standard InChI is InChI=1S/C35H22FN3S/c36-35(23-9-7-8-22(18-23)29-11-3-5-16-37-29)24-14-15-25-27-20-28-26-10-1-2-12-32(26)40-33(28)21-31(27)39(30(25)19-24)34-13-4-6-17-38-34/h1-21,35H. The summed E-state index contributed by atoms with van der Waals surface area (Å²) in [4.78, 5) is 9.13. The van der Waals surface area contributed by atoms with Gasteiger partial charge in [-0.2, -0.15) is 0 Å². The summed E-state index contributed by atoms with van der Waals surface area (Å²) in [5.41, 5.74) is 4.95. The van der Waals surface area contributed by atoms with E-state index in [-0.39, 0.29) is 0 Å². The number of alkyl halides is 1. The van der Waals surface area contributed by atoms with Gasteiger partial charge in [-0.3, -0.25) is 9.55 Å². The van der Waals surface area contributed by atoms with Gasteiger partial charge in [-0.15, -0.1) is 11.3 Å². The quantitative estimate of drug-likeness (QED) is 0.225. The molecule has 0 radical (unpaired) electrons. The van der Waals surface area contributed by atoms with Crippen molar-refractivity contribution in [2.45, 2.75) is 6.17 Å². The summed E-state index contributed by atoms with van der Waals surface area (Å²) in [6.07, 6.45) is 2.28. The highest BCUT2D eigenvalue weighted by Gasteiger charge is 2.20. The van der Waals surface area contributed by atoms with Gasteiger partial charge in [0.05, 0.1) is 16.7 Å². The van der Waals surface area contributed by atoms with Crippen LogP contribution in [0.15, 0.2) is 128 Å². The van der Waals surface area contributed by atoms with Gasteiger partial charge in [0.15, 0.2) is 6.17 Å². The van der Waals surface area contributed by atoms with Crippen LogP contribution in [-0.4, -0.2) is 14.5 Å². The fraction of sp³-hybridized carbons (Fsp3) is 0.0286. The summed E-state index contributed by atoms with van der Waals surface area (Å²) in [7, 11) is 0. The average molecular weight is 536 g/mol. The van der Waals surface area contributed by atoms with E-state index in [1.54, 1.807) is 23.7 Å². The van der Waals surface area contributed by atoms with Gasteiger partial charge in [-0.05, 0) is 65.7 Å². The summed E-state index contributed by atoms with van der Waals surface area (Å²) in [5, 5.41) is 4.72. The predicted molar refractivity (Wildman–Crippen MR) is 164 cm³/mol. The first-order valence-electron chi connectivity index (χ1n) is 13.2. The number of benzene rings is 4. The largest absolute Gasteiger partial charge is 0.294 e. The van der Waals surface area contributed by atoms with Gasteiger partial charge < -0.3 is 0 Å². The van der Waals surface area contributed by atoms with E-state index in [0.717, 1.165) is 38.9 Å². The van der Waals surface area contributed by atoms with Gasteiger partial charge in [0, 0.05) is 48.9 Å². The van der Waals surface area contributed by atoms with Crippen molar-refractivity contribution < 1.29 is 4.39 Å². The highest BCUT2D eigenvalue weighted by atomic mass is 32.1. The zero-order valence-corrected chi connectivity index (χ0v) is 22.1. The first-order chi connectivity index (χ1) is 19.7. The summed E-state index contributed by atoms with van der Waals surface area (Å²) < 4.78 is 20.8. The molecule has 0 aliphatic carbocycles. The van der Waals surface area contributed by atoms with Crippen LogP contribution in [0.4, 0.5) is 4.39 Å². The Morgan fingerprint density at radius 3 is 2.23 bits per heavy atom. The number of rotatable bonds is 4. The Kier molecular flexibility index (Phi) is 5.25. The molecule has 1 unspecified atom stereocenters. The molecule has 8 rings (SSSR count). The van der Waals surface area contributed by atoms with Crippen LogP contribution in [0.1, 0.15) is 17.3 Å². The zero-order valence-electron chi connectivity index (χ0n) is 21.3. The molecule has 5 heteroatoms. The molecule has 1 atom stereocenters. The Morgan fingerprint density at radius 2 is 1.38 bits per heavy atom. The van der Waals surface area contributed by atoms with Crippen LogP contribution in [0.25, 0.3) is 59.1 Å². The predicted octanol–water partition coefficient (Wildman–Crippen LogP) is 9.67. The smallest absolute Gasteiger partial charge is 0.150 e. The third kappa shape index (κ3) is 3.63. The van der Waals surface area contributed by atoms with E-state index in [1.807, 2.05) is 72.8 Å². The van der Waals surface area contributed by atoms with Crippen LogP contribution < -0.4 is 0 Å². The third-order valence-electron chi connectivity index (χ3n) is 7.60. The number of thiophene rings is 1. The zero-order chi connectivity index (χ0) is 26.6. The minimum atomic E-state index is -1.28. The van der Waals surface area contributed by atoms with Crippen LogP contribution in [0.3, 0.4) is 0 Å². The number of aromatic nitrogens is 3. The lowest BCUT2D eigenvalue weighted by Crippen LogP contribution is -1.99. The molecule has 0 amide bonds. The molecule has 0 bridgehead atoms. The highest BCUT2D eigenvalue weighted by Crippen LogP contribution is 2.41. The van der Waals surface area contributed by atoms with Crippen molar-refractivity contribution in [3.63, 3.8) is 0 Å². The lowest BCUT2D eigenvalue weighted by atomic mass is 9.98. The van der Waals surface area contributed by atoms with Crippen LogP contribution in [-0.2, 0) is 0 Å². The van der Waals surface area contributed by atoms with Crippen molar-refractivity contribution in [1.29, 1.82) is 0 Å². The van der Waals surface area contributed by atoms with E-state index in [0.29, 0.717) is 11.1 Å². The molecular formula is C35H22FN3S. The van der Waals surface area contributed by atoms with Crippen molar-refractivity contribution in [3.8, 4) is 17.1 Å². The van der Waals surface area contributed by atoms with Crippen LogP contribution >= 0.6 is 11.3 Å². The molecule has 3 nitrogen and oxygen atoms in total. The van der Waals surface area contributed by atoms with Crippen molar-refractivity contribution in [3.05, 3.63) is 139 Å². The van der Waals surface area contributed by atoms with Gasteiger partial charge in [0.1, 0.15) is 5.82 Å². The SMILES string of the molecule is FC(c1cccc(-c2ccccn2)c1)c1ccc2c3cc4c(cc3n(-c3ccccn3)c2c1)sc1ccccc14. The molecule has 0 aliphatic rings. The molecule has 0 saturated carbocycles. The van der Waals surface area contributed by atoms with E-state index in [4.69, 9.17) is 0 Å². The second kappa shape index (κ2) is 9.11. The summed E-state index contributed by atoms with van der Waals surface area (Å²) in [6.45, 7) is 0. The van der Waals surface area contributed by atoms with E-state index < -0.39 is 6.17 Å². The van der Waals surface area contributed by atoms with Crippen LogP contribution in [0.2, 0.25) is 0 Å². The van der Waals surface area contributed by atoms with E-state index in [1.165, 1.54) is 20.2 Å². The second-order valence-corrected chi connectivity index (χ2v) is 11.1. The van der Waals surface area contributed by atoms with Crippen molar-refractivity contribution in [2.75, 3.05) is 0 Å². The third-order valence-corrected chi connectivity index (χ3v) is 8.73. The monoisotopic (exact) mass is 535 g/mol. The van der Waals surface area contributed by atoms with Gasteiger partial charge in [-0.1, -0.05) is 60.7 Å². The fourth-order valence-corrected chi connectivity index (χ4v) is 6.85. The van der Waals surface area contributed by atoms with Crippen molar-refractivity contribution >= 4 is 53.3 Å². The maximum atomic E-state index is 16.2. The average Bonchev–Trinajstić information content (AvgIpc) is 3.54. The molecule has 0 fully saturated rings. The molecule has 0 aliphatic heterocycles. The molecule has 0 N–H and O–H groups in total. The topological polar surface area (TPSA) is 30.7 Å². The molecule has 0 spiro atoms. The minimum absolute atomic E-state index is 0.606.